The molecule has 0 bridgehead atoms. The SMILES string of the molecule is CN=C(NCCCNc1ccccc1)NCC(c1ccc(OC)cc1)N1CCOCC1.I. The van der Waals surface area contributed by atoms with Crippen LogP contribution in [-0.4, -0.2) is 71.0 Å². The van der Waals surface area contributed by atoms with Crippen molar-refractivity contribution < 1.29 is 9.47 Å². The average Bonchev–Trinajstić information content (AvgIpc) is 2.84. The van der Waals surface area contributed by atoms with E-state index in [9.17, 15) is 0 Å². The van der Waals surface area contributed by atoms with E-state index < -0.39 is 0 Å². The molecule has 0 spiro atoms. The number of para-hydroxylation sites is 1. The first-order valence-electron chi connectivity index (χ1n) is 11.0. The van der Waals surface area contributed by atoms with Gasteiger partial charge in [-0.1, -0.05) is 30.3 Å². The molecular formula is C24H36IN5O2. The number of aliphatic imine (C=N–C) groups is 1. The molecule has 1 atom stereocenters. The number of ether oxygens (including phenoxy) is 2. The Labute approximate surface area is 209 Å². The number of anilines is 1. The van der Waals surface area contributed by atoms with E-state index in [1.165, 1.54) is 5.56 Å². The molecule has 3 rings (SSSR count). The number of rotatable bonds is 10. The van der Waals surface area contributed by atoms with Crippen molar-refractivity contribution in [2.24, 2.45) is 4.99 Å². The summed E-state index contributed by atoms with van der Waals surface area (Å²) in [4.78, 5) is 6.86. The summed E-state index contributed by atoms with van der Waals surface area (Å²) < 4.78 is 10.9. The van der Waals surface area contributed by atoms with Crippen LogP contribution in [0.5, 0.6) is 5.75 Å². The second kappa shape index (κ2) is 14.9. The van der Waals surface area contributed by atoms with Crippen LogP contribution in [0.4, 0.5) is 5.69 Å². The molecule has 3 N–H and O–H groups in total. The molecule has 0 radical (unpaired) electrons. The molecule has 2 aromatic carbocycles. The number of guanidine groups is 1. The topological polar surface area (TPSA) is 70.2 Å². The highest BCUT2D eigenvalue weighted by Crippen LogP contribution is 2.23. The van der Waals surface area contributed by atoms with Crippen LogP contribution in [0.3, 0.4) is 0 Å². The highest BCUT2D eigenvalue weighted by molar-refractivity contribution is 14.0. The van der Waals surface area contributed by atoms with Gasteiger partial charge in [0.15, 0.2) is 5.96 Å². The highest BCUT2D eigenvalue weighted by Gasteiger charge is 2.23. The van der Waals surface area contributed by atoms with E-state index in [0.29, 0.717) is 0 Å². The third kappa shape index (κ3) is 8.48. The smallest absolute Gasteiger partial charge is 0.191 e. The Morgan fingerprint density at radius 3 is 2.41 bits per heavy atom. The van der Waals surface area contributed by atoms with E-state index in [2.05, 4.69) is 50.1 Å². The average molecular weight is 553 g/mol. The van der Waals surface area contributed by atoms with Gasteiger partial charge in [0.05, 0.1) is 26.4 Å². The second-order valence-corrected chi connectivity index (χ2v) is 7.46. The van der Waals surface area contributed by atoms with E-state index in [4.69, 9.17) is 9.47 Å². The fourth-order valence-electron chi connectivity index (χ4n) is 3.67. The number of halogens is 1. The first-order chi connectivity index (χ1) is 15.3. The number of hydrogen-bond donors (Lipinski definition) is 3. The third-order valence-corrected chi connectivity index (χ3v) is 5.42. The second-order valence-electron chi connectivity index (χ2n) is 7.46. The van der Waals surface area contributed by atoms with E-state index >= 15 is 0 Å². The highest BCUT2D eigenvalue weighted by atomic mass is 127. The van der Waals surface area contributed by atoms with Gasteiger partial charge in [0, 0.05) is 45.5 Å². The predicted octanol–water partition coefficient (Wildman–Crippen LogP) is 3.35. The van der Waals surface area contributed by atoms with Crippen LogP contribution in [-0.2, 0) is 4.74 Å². The van der Waals surface area contributed by atoms with Crippen molar-refractivity contribution in [2.75, 3.05) is 65.4 Å². The van der Waals surface area contributed by atoms with Gasteiger partial charge in [-0.15, -0.1) is 24.0 Å². The lowest BCUT2D eigenvalue weighted by Crippen LogP contribution is -2.46. The van der Waals surface area contributed by atoms with E-state index in [-0.39, 0.29) is 30.0 Å². The summed E-state index contributed by atoms with van der Waals surface area (Å²) in [5.41, 5.74) is 2.41. The summed E-state index contributed by atoms with van der Waals surface area (Å²) in [6.07, 6.45) is 1.00. The fourth-order valence-corrected chi connectivity index (χ4v) is 3.67. The van der Waals surface area contributed by atoms with Gasteiger partial charge in [0.25, 0.3) is 0 Å². The van der Waals surface area contributed by atoms with Crippen molar-refractivity contribution in [3.8, 4) is 5.75 Å². The maximum Gasteiger partial charge on any atom is 0.191 e. The van der Waals surface area contributed by atoms with Gasteiger partial charge in [0.1, 0.15) is 5.75 Å². The van der Waals surface area contributed by atoms with Crippen LogP contribution < -0.4 is 20.7 Å². The van der Waals surface area contributed by atoms with E-state index in [1.54, 1.807) is 7.11 Å². The molecule has 8 heteroatoms. The Kier molecular flexibility index (Phi) is 12.2. The van der Waals surface area contributed by atoms with Crippen LogP contribution in [0.15, 0.2) is 59.6 Å². The van der Waals surface area contributed by atoms with Crippen molar-refractivity contribution in [3.05, 3.63) is 60.2 Å². The molecule has 1 aliphatic heterocycles. The van der Waals surface area contributed by atoms with E-state index in [1.807, 2.05) is 37.4 Å². The van der Waals surface area contributed by atoms with Crippen molar-refractivity contribution in [1.82, 2.24) is 15.5 Å². The summed E-state index contributed by atoms with van der Waals surface area (Å²) in [6.45, 7) is 5.93. The molecule has 7 nitrogen and oxygen atoms in total. The molecule has 1 fully saturated rings. The maximum absolute atomic E-state index is 5.55. The van der Waals surface area contributed by atoms with Gasteiger partial charge in [0.2, 0.25) is 0 Å². The Balaban J connectivity index is 0.00000363. The summed E-state index contributed by atoms with van der Waals surface area (Å²) >= 11 is 0. The van der Waals surface area contributed by atoms with E-state index in [0.717, 1.165) is 69.8 Å². The van der Waals surface area contributed by atoms with Crippen LogP contribution in [0.1, 0.15) is 18.0 Å². The minimum atomic E-state index is 0. The molecule has 1 heterocycles. The first kappa shape index (κ1) is 26.2. The fraction of sp³-hybridized carbons (Fsp3) is 0.458. The van der Waals surface area contributed by atoms with Gasteiger partial charge in [-0.25, -0.2) is 0 Å². The lowest BCUT2D eigenvalue weighted by atomic mass is 10.0. The van der Waals surface area contributed by atoms with Gasteiger partial charge < -0.3 is 25.4 Å². The zero-order chi connectivity index (χ0) is 21.7. The third-order valence-electron chi connectivity index (χ3n) is 5.42. The van der Waals surface area contributed by atoms with Crippen LogP contribution >= 0.6 is 24.0 Å². The summed E-state index contributed by atoms with van der Waals surface area (Å²) in [5, 5.41) is 10.4. The quantitative estimate of drug-likeness (QED) is 0.182. The number of benzene rings is 2. The summed E-state index contributed by atoms with van der Waals surface area (Å²) in [5.74, 6) is 1.70. The zero-order valence-electron chi connectivity index (χ0n) is 19.0. The molecule has 1 saturated heterocycles. The predicted molar refractivity (Wildman–Crippen MR) is 142 cm³/mol. The lowest BCUT2D eigenvalue weighted by Gasteiger charge is -2.35. The van der Waals surface area contributed by atoms with Crippen LogP contribution in [0.25, 0.3) is 0 Å². The Morgan fingerprint density at radius 2 is 1.75 bits per heavy atom. The summed E-state index contributed by atoms with van der Waals surface area (Å²) in [6, 6.07) is 18.9. The molecule has 0 aliphatic carbocycles. The molecule has 176 valence electrons. The van der Waals surface area contributed by atoms with Crippen molar-refractivity contribution in [1.29, 1.82) is 0 Å². The van der Waals surface area contributed by atoms with Crippen molar-refractivity contribution >= 4 is 35.6 Å². The molecule has 0 aromatic heterocycles. The first-order valence-corrected chi connectivity index (χ1v) is 11.0. The van der Waals surface area contributed by atoms with Crippen LogP contribution in [0, 0.1) is 0 Å². The Hall–Kier alpha value is -2.04. The maximum atomic E-state index is 5.55. The van der Waals surface area contributed by atoms with Crippen molar-refractivity contribution in [2.45, 2.75) is 12.5 Å². The largest absolute Gasteiger partial charge is 0.497 e. The molecular weight excluding hydrogens is 517 g/mol. The number of hydrogen-bond acceptors (Lipinski definition) is 5. The molecule has 0 saturated carbocycles. The molecule has 2 aromatic rings. The van der Waals surface area contributed by atoms with Gasteiger partial charge >= 0.3 is 0 Å². The standard InChI is InChI=1S/C24H35N5O2.HI/c1-25-24(27-14-6-13-26-21-7-4-3-5-8-21)28-19-23(29-15-17-31-18-16-29)20-9-11-22(30-2)12-10-20;/h3-5,7-12,23,26H,6,13-19H2,1-2H3,(H2,25,27,28);1H. The molecule has 0 amide bonds. The van der Waals surface area contributed by atoms with Gasteiger partial charge in [-0.05, 0) is 36.2 Å². The van der Waals surface area contributed by atoms with Gasteiger partial charge in [-0.3, -0.25) is 9.89 Å². The normalized spacial score (nSPS) is 15.4. The Morgan fingerprint density at radius 1 is 1.03 bits per heavy atom. The minimum Gasteiger partial charge on any atom is -0.497 e. The van der Waals surface area contributed by atoms with Crippen molar-refractivity contribution in [3.63, 3.8) is 0 Å². The summed E-state index contributed by atoms with van der Waals surface area (Å²) in [7, 11) is 3.51. The number of morpholine rings is 1. The van der Waals surface area contributed by atoms with Crippen LogP contribution in [0.2, 0.25) is 0 Å². The van der Waals surface area contributed by atoms with Gasteiger partial charge in [-0.2, -0.15) is 0 Å². The zero-order valence-corrected chi connectivity index (χ0v) is 21.4. The molecule has 32 heavy (non-hydrogen) atoms. The number of nitrogens with one attached hydrogen (secondary N) is 3. The Bertz CT molecular complexity index is 783. The molecule has 1 aliphatic rings. The molecule has 1 unspecified atom stereocenters. The number of methoxy groups -OCH3 is 1. The number of nitrogens with zero attached hydrogens (tertiary/aromatic N) is 2. The minimum absolute atomic E-state index is 0. The lowest BCUT2D eigenvalue weighted by molar-refractivity contribution is 0.0170. The monoisotopic (exact) mass is 553 g/mol.